The number of likely N-dealkylation sites (N-methyl/N-ethyl adjacent to an activating group) is 2. The Bertz CT molecular complexity index is 434. The second kappa shape index (κ2) is 5.84. The normalized spacial score (nSPS) is 15.6. The number of carbonyl (C=O) groups is 1. The summed E-state index contributed by atoms with van der Waals surface area (Å²) in [6, 6.07) is 6.11. The molecule has 5 nitrogen and oxygen atoms in total. The molecule has 1 aliphatic heterocycles. The third-order valence-electron chi connectivity index (χ3n) is 2.99. The van der Waals surface area contributed by atoms with E-state index >= 15 is 0 Å². The van der Waals surface area contributed by atoms with Gasteiger partial charge in [0.25, 0.3) is 5.91 Å². The van der Waals surface area contributed by atoms with Gasteiger partial charge in [0.2, 0.25) is 0 Å². The number of benzene rings is 1. The van der Waals surface area contributed by atoms with E-state index in [1.807, 2.05) is 25.2 Å². The highest BCUT2D eigenvalue weighted by Gasteiger charge is 2.18. The van der Waals surface area contributed by atoms with Crippen molar-refractivity contribution in [2.24, 2.45) is 0 Å². The highest BCUT2D eigenvalue weighted by atomic mass is 16.5. The van der Waals surface area contributed by atoms with Crippen LogP contribution in [0.3, 0.4) is 0 Å². The fraction of sp³-hybridized carbons (Fsp3) is 0.462. The van der Waals surface area contributed by atoms with Gasteiger partial charge in [0.1, 0.15) is 5.75 Å². The van der Waals surface area contributed by atoms with Gasteiger partial charge < -0.3 is 20.7 Å². The number of fused-ring (bicyclic) bond motifs is 1. The zero-order chi connectivity index (χ0) is 13.0. The predicted octanol–water partition coefficient (Wildman–Crippen LogP) is 0.887. The molecule has 1 atom stereocenters. The van der Waals surface area contributed by atoms with E-state index in [1.54, 1.807) is 0 Å². The lowest BCUT2D eigenvalue weighted by atomic mass is 10.1. The third kappa shape index (κ3) is 2.80. The van der Waals surface area contributed by atoms with Crippen LogP contribution in [0.1, 0.15) is 18.5 Å². The van der Waals surface area contributed by atoms with Gasteiger partial charge in [-0.2, -0.15) is 0 Å². The molecule has 98 valence electrons. The van der Waals surface area contributed by atoms with Crippen molar-refractivity contribution in [1.82, 2.24) is 10.6 Å². The van der Waals surface area contributed by atoms with Crippen LogP contribution in [0.25, 0.3) is 0 Å². The Morgan fingerprint density at radius 2 is 2.33 bits per heavy atom. The number of ether oxygens (including phenoxy) is 1. The minimum absolute atomic E-state index is 0.0964. The van der Waals surface area contributed by atoms with Crippen molar-refractivity contribution in [2.45, 2.75) is 13.0 Å². The van der Waals surface area contributed by atoms with Crippen LogP contribution < -0.4 is 20.7 Å². The van der Waals surface area contributed by atoms with Gasteiger partial charge in [-0.15, -0.1) is 0 Å². The van der Waals surface area contributed by atoms with E-state index in [4.69, 9.17) is 4.74 Å². The largest absolute Gasteiger partial charge is 0.482 e. The van der Waals surface area contributed by atoms with Gasteiger partial charge >= 0.3 is 0 Å². The molecule has 2 rings (SSSR count). The average Bonchev–Trinajstić information content (AvgIpc) is 2.39. The fourth-order valence-electron chi connectivity index (χ4n) is 1.99. The molecule has 1 heterocycles. The lowest BCUT2D eigenvalue weighted by Gasteiger charge is -2.22. The van der Waals surface area contributed by atoms with Gasteiger partial charge in [0.05, 0.1) is 5.69 Å². The number of carbonyl (C=O) groups excluding carboxylic acids is 1. The van der Waals surface area contributed by atoms with Crippen molar-refractivity contribution in [3.8, 4) is 5.75 Å². The maximum atomic E-state index is 11.3. The third-order valence-corrected chi connectivity index (χ3v) is 2.99. The SMILES string of the molecule is CCNCC(NC)c1ccc2c(c1)NC(=O)CO2. The lowest BCUT2D eigenvalue weighted by molar-refractivity contribution is -0.118. The number of hydrogen-bond donors (Lipinski definition) is 3. The lowest BCUT2D eigenvalue weighted by Crippen LogP contribution is -2.30. The monoisotopic (exact) mass is 249 g/mol. The molecule has 0 spiro atoms. The van der Waals surface area contributed by atoms with Gasteiger partial charge in [-0.05, 0) is 31.3 Å². The molecule has 0 saturated carbocycles. The maximum Gasteiger partial charge on any atom is 0.262 e. The number of amides is 1. The van der Waals surface area contributed by atoms with Crippen LogP contribution in [0, 0.1) is 0 Å². The van der Waals surface area contributed by atoms with Gasteiger partial charge in [-0.25, -0.2) is 0 Å². The predicted molar refractivity (Wildman–Crippen MR) is 70.9 cm³/mol. The number of nitrogens with one attached hydrogen (secondary N) is 3. The molecule has 1 unspecified atom stereocenters. The summed E-state index contributed by atoms with van der Waals surface area (Å²) in [7, 11) is 1.93. The highest BCUT2D eigenvalue weighted by Crippen LogP contribution is 2.30. The van der Waals surface area contributed by atoms with Crippen molar-refractivity contribution < 1.29 is 9.53 Å². The van der Waals surface area contributed by atoms with Crippen LogP contribution >= 0.6 is 0 Å². The van der Waals surface area contributed by atoms with Crippen LogP contribution in [-0.2, 0) is 4.79 Å². The molecule has 0 aliphatic carbocycles. The van der Waals surface area contributed by atoms with E-state index in [2.05, 4.69) is 22.9 Å². The highest BCUT2D eigenvalue weighted by molar-refractivity contribution is 5.95. The average molecular weight is 249 g/mol. The van der Waals surface area contributed by atoms with Crippen LogP contribution in [-0.4, -0.2) is 32.7 Å². The molecule has 0 saturated heterocycles. The first kappa shape index (κ1) is 12.9. The van der Waals surface area contributed by atoms with Crippen molar-refractivity contribution in [2.75, 3.05) is 32.1 Å². The van der Waals surface area contributed by atoms with Gasteiger partial charge in [-0.3, -0.25) is 4.79 Å². The molecule has 0 radical (unpaired) electrons. The number of anilines is 1. The first-order valence-corrected chi connectivity index (χ1v) is 6.19. The van der Waals surface area contributed by atoms with E-state index < -0.39 is 0 Å². The van der Waals surface area contributed by atoms with E-state index in [-0.39, 0.29) is 18.6 Å². The van der Waals surface area contributed by atoms with Crippen molar-refractivity contribution in [1.29, 1.82) is 0 Å². The second-order valence-electron chi connectivity index (χ2n) is 4.24. The van der Waals surface area contributed by atoms with E-state index in [1.165, 1.54) is 0 Å². The zero-order valence-electron chi connectivity index (χ0n) is 10.7. The molecule has 1 aliphatic rings. The topological polar surface area (TPSA) is 62.4 Å². The maximum absolute atomic E-state index is 11.3. The van der Waals surface area contributed by atoms with Crippen molar-refractivity contribution in [3.05, 3.63) is 23.8 Å². The molecule has 5 heteroatoms. The van der Waals surface area contributed by atoms with Crippen molar-refractivity contribution >= 4 is 11.6 Å². The Hall–Kier alpha value is -1.59. The summed E-state index contributed by atoms with van der Waals surface area (Å²) >= 11 is 0. The Balaban J connectivity index is 2.18. The van der Waals surface area contributed by atoms with Crippen LogP contribution in [0.15, 0.2) is 18.2 Å². The molecule has 18 heavy (non-hydrogen) atoms. The number of rotatable bonds is 5. The summed E-state index contributed by atoms with van der Waals surface area (Å²) in [6.07, 6.45) is 0. The summed E-state index contributed by atoms with van der Waals surface area (Å²) in [5.74, 6) is 0.629. The zero-order valence-corrected chi connectivity index (χ0v) is 10.7. The minimum Gasteiger partial charge on any atom is -0.482 e. The van der Waals surface area contributed by atoms with Crippen LogP contribution in [0.5, 0.6) is 5.75 Å². The Kier molecular flexibility index (Phi) is 4.17. The summed E-state index contributed by atoms with van der Waals surface area (Å²) in [6.45, 7) is 3.95. The quantitative estimate of drug-likeness (QED) is 0.725. The first-order chi connectivity index (χ1) is 8.74. The Morgan fingerprint density at radius 1 is 1.50 bits per heavy atom. The molecular weight excluding hydrogens is 230 g/mol. The Labute approximate surface area is 107 Å². The smallest absolute Gasteiger partial charge is 0.262 e. The fourth-order valence-corrected chi connectivity index (χ4v) is 1.99. The summed E-state index contributed by atoms with van der Waals surface area (Å²) < 4.78 is 5.34. The molecule has 0 fully saturated rings. The van der Waals surface area contributed by atoms with Crippen LogP contribution in [0.2, 0.25) is 0 Å². The molecule has 0 aromatic heterocycles. The Morgan fingerprint density at radius 3 is 3.06 bits per heavy atom. The van der Waals surface area contributed by atoms with E-state index in [0.717, 1.165) is 30.1 Å². The summed E-state index contributed by atoms with van der Waals surface area (Å²) in [5, 5.41) is 9.38. The molecule has 0 bridgehead atoms. The van der Waals surface area contributed by atoms with Gasteiger partial charge in [-0.1, -0.05) is 13.0 Å². The molecular formula is C13H19N3O2. The van der Waals surface area contributed by atoms with E-state index in [0.29, 0.717) is 0 Å². The van der Waals surface area contributed by atoms with Crippen LogP contribution in [0.4, 0.5) is 5.69 Å². The minimum atomic E-state index is -0.104. The van der Waals surface area contributed by atoms with E-state index in [9.17, 15) is 4.79 Å². The number of hydrogen-bond acceptors (Lipinski definition) is 4. The summed E-state index contributed by atoms with van der Waals surface area (Å²) in [4.78, 5) is 11.3. The van der Waals surface area contributed by atoms with Gasteiger partial charge in [0.15, 0.2) is 6.61 Å². The molecule has 1 aromatic rings. The standard InChI is InChI=1S/C13H19N3O2/c1-3-15-7-11(14-2)9-4-5-12-10(6-9)16-13(17)8-18-12/h4-6,11,14-15H,3,7-8H2,1-2H3,(H,16,17). The van der Waals surface area contributed by atoms with Crippen molar-refractivity contribution in [3.63, 3.8) is 0 Å². The molecule has 3 N–H and O–H groups in total. The van der Waals surface area contributed by atoms with Gasteiger partial charge in [0, 0.05) is 12.6 Å². The first-order valence-electron chi connectivity index (χ1n) is 6.19. The second-order valence-corrected chi connectivity index (χ2v) is 4.24. The molecule has 1 amide bonds. The summed E-state index contributed by atoms with van der Waals surface area (Å²) in [5.41, 5.74) is 1.88. The molecule has 1 aromatic carbocycles.